The Bertz CT molecular complexity index is 380. The predicted octanol–water partition coefficient (Wildman–Crippen LogP) is 2.10. The number of hydrogen-bond acceptors (Lipinski definition) is 3. The Kier molecular flexibility index (Phi) is 6.02. The highest BCUT2D eigenvalue weighted by atomic mass is 15.3. The monoisotopic (exact) mass is 275 g/mol. The summed E-state index contributed by atoms with van der Waals surface area (Å²) in [5, 5.41) is 0. The molecule has 1 aliphatic rings. The van der Waals surface area contributed by atoms with E-state index in [9.17, 15) is 0 Å². The van der Waals surface area contributed by atoms with Crippen molar-refractivity contribution in [3.63, 3.8) is 0 Å². The Balaban J connectivity index is 1.80. The third-order valence-electron chi connectivity index (χ3n) is 4.48. The normalized spacial score (nSPS) is 19.1. The SMILES string of the molecule is CCC(C)N1CCN(Cc2ccc(CCN)cc2)CC1. The zero-order valence-corrected chi connectivity index (χ0v) is 13.0. The first-order valence-electron chi connectivity index (χ1n) is 7.97. The van der Waals surface area contributed by atoms with Crippen molar-refractivity contribution in [3.05, 3.63) is 35.4 Å². The second-order valence-electron chi connectivity index (χ2n) is 5.92. The van der Waals surface area contributed by atoms with E-state index in [-0.39, 0.29) is 0 Å². The molecule has 0 aliphatic carbocycles. The van der Waals surface area contributed by atoms with Gasteiger partial charge in [0.2, 0.25) is 0 Å². The molecule has 1 unspecified atom stereocenters. The molecule has 1 fully saturated rings. The van der Waals surface area contributed by atoms with Crippen LogP contribution >= 0.6 is 0 Å². The van der Waals surface area contributed by atoms with E-state index in [0.717, 1.165) is 25.6 Å². The molecule has 0 spiro atoms. The van der Waals surface area contributed by atoms with Gasteiger partial charge in [-0.2, -0.15) is 0 Å². The zero-order chi connectivity index (χ0) is 14.4. The molecule has 0 aromatic heterocycles. The zero-order valence-electron chi connectivity index (χ0n) is 13.0. The fraction of sp³-hybridized carbons (Fsp3) is 0.647. The molecule has 3 heteroatoms. The third-order valence-corrected chi connectivity index (χ3v) is 4.48. The van der Waals surface area contributed by atoms with Crippen LogP contribution in [-0.2, 0) is 13.0 Å². The molecule has 0 radical (unpaired) electrons. The second kappa shape index (κ2) is 7.77. The van der Waals surface area contributed by atoms with Gasteiger partial charge in [-0.05, 0) is 37.4 Å². The lowest BCUT2D eigenvalue weighted by molar-refractivity contribution is 0.0964. The number of rotatable bonds is 6. The molecule has 20 heavy (non-hydrogen) atoms. The molecule has 1 aliphatic heterocycles. The van der Waals surface area contributed by atoms with Crippen LogP contribution in [0.25, 0.3) is 0 Å². The van der Waals surface area contributed by atoms with Crippen LogP contribution < -0.4 is 5.73 Å². The largest absolute Gasteiger partial charge is 0.330 e. The summed E-state index contributed by atoms with van der Waals surface area (Å²) in [5.41, 5.74) is 8.35. The van der Waals surface area contributed by atoms with Gasteiger partial charge in [0.15, 0.2) is 0 Å². The van der Waals surface area contributed by atoms with Crippen LogP contribution in [-0.4, -0.2) is 48.6 Å². The molecule has 1 atom stereocenters. The van der Waals surface area contributed by atoms with E-state index in [2.05, 4.69) is 47.9 Å². The first kappa shape index (κ1) is 15.5. The van der Waals surface area contributed by atoms with Crippen LogP contribution in [0.15, 0.2) is 24.3 Å². The van der Waals surface area contributed by atoms with Crippen molar-refractivity contribution < 1.29 is 0 Å². The summed E-state index contributed by atoms with van der Waals surface area (Å²) in [5.74, 6) is 0. The molecular weight excluding hydrogens is 246 g/mol. The van der Waals surface area contributed by atoms with Gasteiger partial charge in [-0.15, -0.1) is 0 Å². The van der Waals surface area contributed by atoms with E-state index in [1.807, 2.05) is 0 Å². The van der Waals surface area contributed by atoms with Gasteiger partial charge in [0.05, 0.1) is 0 Å². The van der Waals surface area contributed by atoms with Crippen molar-refractivity contribution in [2.45, 2.75) is 39.3 Å². The van der Waals surface area contributed by atoms with E-state index in [1.54, 1.807) is 0 Å². The molecule has 112 valence electrons. The van der Waals surface area contributed by atoms with Crippen LogP contribution in [0.5, 0.6) is 0 Å². The van der Waals surface area contributed by atoms with Gasteiger partial charge in [-0.3, -0.25) is 9.80 Å². The maximum Gasteiger partial charge on any atom is 0.0234 e. The number of benzene rings is 1. The number of hydrogen-bond donors (Lipinski definition) is 1. The van der Waals surface area contributed by atoms with Gasteiger partial charge in [0.25, 0.3) is 0 Å². The van der Waals surface area contributed by atoms with Crippen molar-refractivity contribution in [2.75, 3.05) is 32.7 Å². The molecule has 1 aromatic carbocycles. The Morgan fingerprint density at radius 2 is 1.65 bits per heavy atom. The first-order valence-corrected chi connectivity index (χ1v) is 7.97. The fourth-order valence-corrected chi connectivity index (χ4v) is 2.86. The van der Waals surface area contributed by atoms with Crippen molar-refractivity contribution in [1.29, 1.82) is 0 Å². The summed E-state index contributed by atoms with van der Waals surface area (Å²) in [6.07, 6.45) is 2.23. The highest BCUT2D eigenvalue weighted by Gasteiger charge is 2.19. The van der Waals surface area contributed by atoms with Gasteiger partial charge in [0, 0.05) is 38.8 Å². The molecular formula is C17H29N3. The maximum atomic E-state index is 5.58. The summed E-state index contributed by atoms with van der Waals surface area (Å²) in [4.78, 5) is 5.18. The number of nitrogens with zero attached hydrogens (tertiary/aromatic N) is 2. The van der Waals surface area contributed by atoms with Gasteiger partial charge >= 0.3 is 0 Å². The Morgan fingerprint density at radius 1 is 1.05 bits per heavy atom. The Morgan fingerprint density at radius 3 is 2.20 bits per heavy atom. The van der Waals surface area contributed by atoms with E-state index >= 15 is 0 Å². The van der Waals surface area contributed by atoms with Crippen LogP contribution in [0.3, 0.4) is 0 Å². The van der Waals surface area contributed by atoms with Crippen molar-refractivity contribution in [3.8, 4) is 0 Å². The quantitative estimate of drug-likeness (QED) is 0.863. The second-order valence-corrected chi connectivity index (χ2v) is 5.92. The molecule has 0 amide bonds. The topological polar surface area (TPSA) is 32.5 Å². The fourth-order valence-electron chi connectivity index (χ4n) is 2.86. The highest BCUT2D eigenvalue weighted by Crippen LogP contribution is 2.12. The predicted molar refractivity (Wildman–Crippen MR) is 85.8 cm³/mol. The lowest BCUT2D eigenvalue weighted by Gasteiger charge is -2.37. The van der Waals surface area contributed by atoms with Crippen molar-refractivity contribution in [1.82, 2.24) is 9.80 Å². The molecule has 2 rings (SSSR count). The number of nitrogens with two attached hydrogens (primary N) is 1. The van der Waals surface area contributed by atoms with Gasteiger partial charge in [0.1, 0.15) is 0 Å². The minimum absolute atomic E-state index is 0.729. The van der Waals surface area contributed by atoms with Gasteiger partial charge in [-0.25, -0.2) is 0 Å². The average molecular weight is 275 g/mol. The Hall–Kier alpha value is -0.900. The first-order chi connectivity index (χ1) is 9.72. The van der Waals surface area contributed by atoms with E-state index in [4.69, 9.17) is 5.73 Å². The van der Waals surface area contributed by atoms with Crippen LogP contribution in [0.1, 0.15) is 31.4 Å². The highest BCUT2D eigenvalue weighted by molar-refractivity contribution is 5.22. The van der Waals surface area contributed by atoms with Crippen LogP contribution in [0.4, 0.5) is 0 Å². The minimum atomic E-state index is 0.729. The van der Waals surface area contributed by atoms with E-state index in [0.29, 0.717) is 0 Å². The third kappa shape index (κ3) is 4.30. The summed E-state index contributed by atoms with van der Waals surface area (Å²) in [7, 11) is 0. The lowest BCUT2D eigenvalue weighted by atomic mass is 10.1. The molecule has 1 saturated heterocycles. The van der Waals surface area contributed by atoms with Gasteiger partial charge in [-0.1, -0.05) is 31.2 Å². The summed E-state index contributed by atoms with van der Waals surface area (Å²) < 4.78 is 0. The molecule has 3 nitrogen and oxygen atoms in total. The van der Waals surface area contributed by atoms with E-state index < -0.39 is 0 Å². The van der Waals surface area contributed by atoms with E-state index in [1.165, 1.54) is 43.7 Å². The standard InChI is InChI=1S/C17H29N3/c1-3-15(2)20-12-10-19(11-13-20)14-17-6-4-16(5-7-17)8-9-18/h4-7,15H,3,8-14,18H2,1-2H3. The smallest absolute Gasteiger partial charge is 0.0234 e. The minimum Gasteiger partial charge on any atom is -0.330 e. The van der Waals surface area contributed by atoms with Gasteiger partial charge < -0.3 is 5.73 Å². The van der Waals surface area contributed by atoms with Crippen molar-refractivity contribution in [2.24, 2.45) is 5.73 Å². The molecule has 0 saturated carbocycles. The average Bonchev–Trinajstić information content (AvgIpc) is 2.49. The maximum absolute atomic E-state index is 5.58. The summed E-state index contributed by atoms with van der Waals surface area (Å²) >= 11 is 0. The van der Waals surface area contributed by atoms with Crippen LogP contribution in [0.2, 0.25) is 0 Å². The molecule has 2 N–H and O–H groups in total. The molecule has 0 bridgehead atoms. The van der Waals surface area contributed by atoms with Crippen LogP contribution in [0, 0.1) is 0 Å². The lowest BCUT2D eigenvalue weighted by Crippen LogP contribution is -2.48. The molecule has 1 heterocycles. The Labute approximate surface area is 123 Å². The van der Waals surface area contributed by atoms with Crippen molar-refractivity contribution >= 4 is 0 Å². The summed E-state index contributed by atoms with van der Waals surface area (Å²) in [6.45, 7) is 11.2. The molecule has 1 aromatic rings. The number of piperazine rings is 1. The summed E-state index contributed by atoms with van der Waals surface area (Å²) in [6, 6.07) is 9.68.